The Bertz CT molecular complexity index is 3000. The minimum Gasteiger partial charge on any atom is -0.870 e. The number of hydrogen-bond acceptors (Lipinski definition) is 19. The maximum absolute atomic E-state index is 12.9. The smallest absolute Gasteiger partial charge is 0.870 e. The molecule has 0 spiro atoms. The predicted octanol–water partition coefficient (Wildman–Crippen LogP) is 7.60. The Kier molecular flexibility index (Phi) is 30.6. The molecule has 4 heterocycles. The van der Waals surface area contributed by atoms with Gasteiger partial charge in [-0.05, 0) is 112 Å². The van der Waals surface area contributed by atoms with E-state index in [2.05, 4.69) is 30.6 Å². The quantitative estimate of drug-likeness (QED) is 0.0257. The van der Waals surface area contributed by atoms with E-state index in [1.807, 2.05) is 125 Å². The first-order valence-corrected chi connectivity index (χ1v) is 25.7. The van der Waals surface area contributed by atoms with Gasteiger partial charge in [-0.15, -0.1) is 0 Å². The molecule has 0 aliphatic carbocycles. The molecule has 0 fully saturated rings. The van der Waals surface area contributed by atoms with E-state index < -0.39 is 29.3 Å². The van der Waals surface area contributed by atoms with E-state index in [0.29, 0.717) is 84.7 Å². The van der Waals surface area contributed by atoms with Crippen molar-refractivity contribution in [2.45, 2.75) is 65.0 Å². The molecule has 4 atom stereocenters. The average Bonchev–Trinajstić information content (AvgIpc) is 3.58. The molecule has 83 heavy (non-hydrogen) atoms. The molecular formula is C60H66N9O13Sm. The number of aromatic hydroxyl groups is 2. The third-order valence-electron chi connectivity index (χ3n) is 11.8. The van der Waals surface area contributed by atoms with Crippen LogP contribution in [0, 0.1) is 55.7 Å². The molecular weight excluding hydrogens is 1210 g/mol. The van der Waals surface area contributed by atoms with Crippen LogP contribution >= 0.6 is 0 Å². The summed E-state index contributed by atoms with van der Waals surface area (Å²) < 4.78 is 22.3. The fraction of sp³-hybridized carbons (Fsp3) is 0.233. The van der Waals surface area contributed by atoms with Crippen LogP contribution in [0.4, 0.5) is 0 Å². The number of aliphatic imine (C=N–C) groups is 2. The summed E-state index contributed by atoms with van der Waals surface area (Å²) in [5.41, 5.74) is 4.95. The summed E-state index contributed by atoms with van der Waals surface area (Å²) >= 11 is 0. The van der Waals surface area contributed by atoms with Crippen molar-refractivity contribution in [1.82, 2.24) is 30.6 Å². The molecule has 8 aromatic rings. The molecule has 1 radical (unpaired) electrons. The largest absolute Gasteiger partial charge is 3.00 e. The third kappa shape index (κ3) is 20.5. The van der Waals surface area contributed by atoms with Crippen LogP contribution in [0.15, 0.2) is 180 Å². The summed E-state index contributed by atoms with van der Waals surface area (Å²) in [5.74, 6) is 0.873. The molecule has 0 unspecified atom stereocenters. The Morgan fingerprint density at radius 2 is 0.819 bits per heavy atom. The molecule has 0 saturated heterocycles. The molecule has 4 aromatic carbocycles. The van der Waals surface area contributed by atoms with Gasteiger partial charge in [0.05, 0.1) is 66.4 Å². The van der Waals surface area contributed by atoms with Crippen molar-refractivity contribution in [3.63, 3.8) is 0 Å². The van der Waals surface area contributed by atoms with Gasteiger partial charge in [0.25, 0.3) is 0 Å². The number of nitrogens with zero attached hydrogens (tertiary/aromatic N) is 7. The molecule has 435 valence electrons. The maximum atomic E-state index is 12.9. The number of pyridine rings is 4. The van der Waals surface area contributed by atoms with Gasteiger partial charge in [-0.2, -0.15) is 0 Å². The van der Waals surface area contributed by atoms with Crippen molar-refractivity contribution in [2.75, 3.05) is 26.4 Å². The zero-order chi connectivity index (χ0) is 57.1. The second-order valence-electron chi connectivity index (χ2n) is 17.0. The fourth-order valence-corrected chi connectivity index (χ4v) is 8.24. The minimum absolute atomic E-state index is 0. The molecule has 0 bridgehead atoms. The number of rotatable bonds is 24. The number of ether oxygens (including phenoxy) is 4. The van der Waals surface area contributed by atoms with Crippen LogP contribution < -0.4 is 39.8 Å². The van der Waals surface area contributed by atoms with Gasteiger partial charge in [0.2, 0.25) is 0 Å². The summed E-state index contributed by atoms with van der Waals surface area (Å²) in [6.45, 7) is 9.81. The van der Waals surface area contributed by atoms with Crippen molar-refractivity contribution < 1.29 is 95.8 Å². The summed E-state index contributed by atoms with van der Waals surface area (Å²) in [4.78, 5) is 35.9. The van der Waals surface area contributed by atoms with E-state index in [-0.39, 0.29) is 85.8 Å². The van der Waals surface area contributed by atoms with E-state index >= 15 is 0 Å². The van der Waals surface area contributed by atoms with Gasteiger partial charge in [0, 0.05) is 61.4 Å². The second kappa shape index (κ2) is 36.8. The summed E-state index contributed by atoms with van der Waals surface area (Å²) in [6, 6.07) is 41.3. The minimum atomic E-state index is -1.75. The number of para-hydroxylation sites is 4. The zero-order valence-electron chi connectivity index (χ0n) is 46.0. The van der Waals surface area contributed by atoms with Gasteiger partial charge in [0.1, 0.15) is 23.6 Å². The molecule has 4 aromatic heterocycles. The van der Waals surface area contributed by atoms with Crippen molar-refractivity contribution in [2.24, 2.45) is 9.98 Å². The summed E-state index contributed by atoms with van der Waals surface area (Å²) in [6.07, 6.45) is 9.94. The zero-order valence-corrected chi connectivity index (χ0v) is 48.6. The topological polar surface area (TPSA) is 353 Å². The molecule has 23 heteroatoms. The van der Waals surface area contributed by atoms with Gasteiger partial charge in [-0.1, -0.05) is 84.3 Å². The molecule has 0 saturated carbocycles. The SMILES string of the molecule is CCOc1cccc(C=N[C@H](c2ccccn2)[C@@H](NCc2ccccn2)c2cccc(OCC)c2O)c1[O-].CCOc1cccc(C=N[C@H](c2ccccn2)[C@@H](NCc2ccccn2)c2cccc(OCC)c2O)c1[O-].O.O.O=[N+]([O-])[O-].[Sm+3]. The van der Waals surface area contributed by atoms with Crippen LogP contribution in [-0.2, 0) is 13.1 Å². The van der Waals surface area contributed by atoms with Crippen LogP contribution in [0.2, 0.25) is 0 Å². The van der Waals surface area contributed by atoms with Crippen molar-refractivity contribution in [3.05, 3.63) is 231 Å². The average molecular weight is 1270 g/mol. The van der Waals surface area contributed by atoms with Gasteiger partial charge >= 0.3 is 40.4 Å². The van der Waals surface area contributed by atoms with Crippen LogP contribution in [-0.4, -0.2) is 85.0 Å². The monoisotopic (exact) mass is 1270 g/mol. The molecule has 22 nitrogen and oxygen atoms in total. The number of phenols is 2. The number of aromatic nitrogens is 4. The van der Waals surface area contributed by atoms with Crippen molar-refractivity contribution >= 4 is 12.4 Å². The van der Waals surface area contributed by atoms with Gasteiger partial charge in [-0.3, -0.25) is 29.9 Å². The van der Waals surface area contributed by atoms with Gasteiger partial charge in [-0.25, -0.2) is 0 Å². The van der Waals surface area contributed by atoms with Crippen LogP contribution in [0.5, 0.6) is 46.0 Å². The van der Waals surface area contributed by atoms with Crippen LogP contribution in [0.3, 0.4) is 0 Å². The normalized spacial score (nSPS) is 12.0. The molecule has 8 rings (SSSR count). The summed E-state index contributed by atoms with van der Waals surface area (Å²) in [7, 11) is 0. The number of hydrogen-bond donors (Lipinski definition) is 4. The molecule has 8 N–H and O–H groups in total. The first-order valence-electron chi connectivity index (χ1n) is 25.7. The molecule has 0 amide bonds. The molecule has 0 aliphatic heterocycles. The number of nitrogens with one attached hydrogen (secondary N) is 2. The van der Waals surface area contributed by atoms with E-state index in [4.69, 9.17) is 44.3 Å². The maximum Gasteiger partial charge on any atom is 3.00 e. The number of phenolic OH excluding ortho intramolecular Hbond substituents is 2. The van der Waals surface area contributed by atoms with Crippen LogP contribution in [0.1, 0.15) is 96.9 Å². The van der Waals surface area contributed by atoms with E-state index in [1.54, 1.807) is 85.7 Å². The Morgan fingerprint density at radius 1 is 0.494 bits per heavy atom. The summed E-state index contributed by atoms with van der Waals surface area (Å²) in [5, 5.41) is 70.0. The van der Waals surface area contributed by atoms with Gasteiger partial charge < -0.3 is 76.3 Å². The second-order valence-corrected chi connectivity index (χ2v) is 17.0. The Balaban J connectivity index is 0.000000395. The standard InChI is InChI=1S/2C30H32N4O4.NO3.2H2O.Sm/c2*1-3-37-25-15-9-11-21(29(25)35)19-33-28(24-14-6-8-18-32-24)27(34-20-22-12-5-7-17-31-22)23-13-10-16-26(30(23)36)38-4-2;2-1(3)4;;;/h2*5-19,27-28,34-36H,3-4,20H2,1-2H3;;2*1H2;/q;;-1;;;+3/p-2/t2*27-,28+;;;;/m00..../s1. The Morgan fingerprint density at radius 3 is 1.14 bits per heavy atom. The Labute approximate surface area is 513 Å². The van der Waals surface area contributed by atoms with E-state index in [9.17, 15) is 20.4 Å². The molecule has 0 aliphatic rings. The van der Waals surface area contributed by atoms with E-state index in [0.717, 1.165) is 11.4 Å². The van der Waals surface area contributed by atoms with Crippen LogP contribution in [0.25, 0.3) is 0 Å². The van der Waals surface area contributed by atoms with Crippen molar-refractivity contribution in [1.29, 1.82) is 0 Å². The Hall–Kier alpha value is -8.40. The number of benzene rings is 4. The predicted molar refractivity (Wildman–Crippen MR) is 307 cm³/mol. The fourth-order valence-electron chi connectivity index (χ4n) is 8.24. The first kappa shape index (κ1) is 68.9. The van der Waals surface area contributed by atoms with E-state index in [1.165, 1.54) is 0 Å². The third-order valence-corrected chi connectivity index (χ3v) is 11.8. The van der Waals surface area contributed by atoms with Gasteiger partial charge in [0.15, 0.2) is 23.0 Å². The first-order chi connectivity index (χ1) is 39.0. The van der Waals surface area contributed by atoms with Crippen molar-refractivity contribution in [3.8, 4) is 46.0 Å².